The highest BCUT2D eigenvalue weighted by Gasteiger charge is 2.45. The zero-order valence-corrected chi connectivity index (χ0v) is 20.7. The zero-order chi connectivity index (χ0) is 26.7. The third kappa shape index (κ3) is 5.34. The Balaban J connectivity index is 1.64. The van der Waals surface area contributed by atoms with E-state index < -0.39 is 49.3 Å². The first-order chi connectivity index (χ1) is 17.9. The van der Waals surface area contributed by atoms with Gasteiger partial charge in [0.25, 0.3) is 0 Å². The van der Waals surface area contributed by atoms with Crippen LogP contribution < -0.4 is 18.9 Å². The van der Waals surface area contributed by atoms with E-state index in [-0.39, 0.29) is 19.0 Å². The molecule has 2 aliphatic heterocycles. The monoisotopic (exact) mass is 522 g/mol. The van der Waals surface area contributed by atoms with Crippen LogP contribution in [0.15, 0.2) is 30.3 Å². The topological polar surface area (TPSA) is 168 Å². The minimum absolute atomic E-state index is 0.0605. The van der Waals surface area contributed by atoms with Gasteiger partial charge in [0, 0.05) is 12.2 Å². The SMILES string of the molecule is COc1ccc(C2Oc3c(OC)cc(CCCO)cc3C2CO)cc1O[C@@H]1O[C@H](CO)[C@@H](O)[C@H](O)[C@H]1O. The van der Waals surface area contributed by atoms with Crippen LogP contribution in [0.2, 0.25) is 0 Å². The minimum Gasteiger partial charge on any atom is -0.493 e. The molecule has 2 aromatic carbocycles. The van der Waals surface area contributed by atoms with Crippen LogP contribution in [0.3, 0.4) is 0 Å². The van der Waals surface area contributed by atoms with Gasteiger partial charge in [-0.3, -0.25) is 0 Å². The summed E-state index contributed by atoms with van der Waals surface area (Å²) < 4.78 is 28.5. The quantitative estimate of drug-likeness (QED) is 0.249. The van der Waals surface area contributed by atoms with E-state index in [1.54, 1.807) is 18.2 Å². The smallest absolute Gasteiger partial charge is 0.229 e. The highest BCUT2D eigenvalue weighted by Crippen LogP contribution is 2.51. The minimum atomic E-state index is -1.59. The second kappa shape index (κ2) is 11.8. The lowest BCUT2D eigenvalue weighted by Crippen LogP contribution is -2.60. The molecule has 0 aliphatic carbocycles. The van der Waals surface area contributed by atoms with Gasteiger partial charge in [0.2, 0.25) is 6.29 Å². The predicted octanol–water partition coefficient (Wildman–Crippen LogP) is 0.0170. The maximum atomic E-state index is 10.4. The van der Waals surface area contributed by atoms with Crippen LogP contribution in [0.4, 0.5) is 0 Å². The van der Waals surface area contributed by atoms with E-state index in [0.717, 1.165) is 11.1 Å². The standard InChI is InChI=1S/C26H34O11/c1-33-17-6-5-14(10-18(17)35-26-23(32)22(31)21(30)20(12-29)36-26)24-16(11-28)15-8-13(4-3-7-27)9-19(34-2)25(15)37-24/h5-6,8-10,16,20-24,26-32H,3-4,7,11-12H2,1-2H3/t16?,20-,21-,22+,23-,24?,26-/m1/s1. The summed E-state index contributed by atoms with van der Waals surface area (Å²) in [4.78, 5) is 0. The van der Waals surface area contributed by atoms with Crippen molar-refractivity contribution in [3.05, 3.63) is 47.0 Å². The predicted molar refractivity (Wildman–Crippen MR) is 129 cm³/mol. The Labute approximate surface area is 214 Å². The molecule has 0 amide bonds. The van der Waals surface area contributed by atoms with Crippen LogP contribution >= 0.6 is 0 Å². The second-order valence-electron chi connectivity index (χ2n) is 9.10. The average Bonchev–Trinajstić information content (AvgIpc) is 3.30. The van der Waals surface area contributed by atoms with E-state index in [2.05, 4.69) is 0 Å². The molecule has 0 saturated carbocycles. The molecular weight excluding hydrogens is 488 g/mol. The van der Waals surface area contributed by atoms with Crippen molar-refractivity contribution >= 4 is 0 Å². The molecule has 2 unspecified atom stereocenters. The molecule has 1 fully saturated rings. The van der Waals surface area contributed by atoms with Gasteiger partial charge in [-0.1, -0.05) is 12.1 Å². The molecule has 0 spiro atoms. The third-order valence-corrected chi connectivity index (χ3v) is 6.80. The number of hydrogen-bond acceptors (Lipinski definition) is 11. The van der Waals surface area contributed by atoms with Crippen molar-refractivity contribution in [3.63, 3.8) is 0 Å². The van der Waals surface area contributed by atoms with Gasteiger partial charge >= 0.3 is 0 Å². The number of fused-ring (bicyclic) bond motifs is 1. The van der Waals surface area contributed by atoms with Gasteiger partial charge in [-0.05, 0) is 42.2 Å². The van der Waals surface area contributed by atoms with Crippen molar-refractivity contribution in [2.24, 2.45) is 0 Å². The molecular formula is C26H34O11. The van der Waals surface area contributed by atoms with Crippen LogP contribution in [0.1, 0.15) is 35.1 Å². The largest absolute Gasteiger partial charge is 0.493 e. The van der Waals surface area contributed by atoms with Gasteiger partial charge in [-0.2, -0.15) is 0 Å². The fraction of sp³-hybridized carbons (Fsp3) is 0.538. The number of rotatable bonds is 10. The van der Waals surface area contributed by atoms with Crippen LogP contribution in [0.5, 0.6) is 23.0 Å². The van der Waals surface area contributed by atoms with Crippen molar-refractivity contribution in [2.45, 2.75) is 55.6 Å². The first kappa shape index (κ1) is 27.4. The summed E-state index contributed by atoms with van der Waals surface area (Å²) in [5.74, 6) is 1.09. The van der Waals surface area contributed by atoms with Gasteiger partial charge in [0.15, 0.2) is 23.0 Å². The Morgan fingerprint density at radius 3 is 2.24 bits per heavy atom. The average molecular weight is 523 g/mol. The van der Waals surface area contributed by atoms with Gasteiger partial charge in [-0.15, -0.1) is 0 Å². The van der Waals surface area contributed by atoms with Gasteiger partial charge in [0.1, 0.15) is 30.5 Å². The van der Waals surface area contributed by atoms with Crippen molar-refractivity contribution in [3.8, 4) is 23.0 Å². The fourth-order valence-electron chi connectivity index (χ4n) is 4.78. The highest BCUT2D eigenvalue weighted by atomic mass is 16.7. The Morgan fingerprint density at radius 2 is 1.59 bits per heavy atom. The molecule has 0 aromatic heterocycles. The molecule has 0 bridgehead atoms. The molecule has 2 heterocycles. The van der Waals surface area contributed by atoms with E-state index in [1.165, 1.54) is 14.2 Å². The number of aliphatic hydroxyl groups is 6. The molecule has 2 aliphatic rings. The Bertz CT molecular complexity index is 1060. The highest BCUT2D eigenvalue weighted by molar-refractivity contribution is 5.56. The number of aliphatic hydroxyl groups excluding tert-OH is 6. The summed E-state index contributed by atoms with van der Waals surface area (Å²) >= 11 is 0. The summed E-state index contributed by atoms with van der Waals surface area (Å²) in [6.07, 6.45) is -6.60. The molecule has 37 heavy (non-hydrogen) atoms. The molecule has 0 radical (unpaired) electrons. The number of ether oxygens (including phenoxy) is 5. The Morgan fingerprint density at radius 1 is 0.838 bits per heavy atom. The van der Waals surface area contributed by atoms with Crippen molar-refractivity contribution in [1.82, 2.24) is 0 Å². The molecule has 11 nitrogen and oxygen atoms in total. The summed E-state index contributed by atoms with van der Waals surface area (Å²) in [5, 5.41) is 59.6. The first-order valence-corrected chi connectivity index (χ1v) is 12.1. The van der Waals surface area contributed by atoms with Crippen molar-refractivity contribution in [2.75, 3.05) is 34.0 Å². The van der Waals surface area contributed by atoms with E-state index >= 15 is 0 Å². The second-order valence-corrected chi connectivity index (χ2v) is 9.10. The van der Waals surface area contributed by atoms with Crippen LogP contribution in [-0.4, -0.2) is 95.4 Å². The van der Waals surface area contributed by atoms with Crippen LogP contribution in [0.25, 0.3) is 0 Å². The molecule has 4 rings (SSSR count). The Hall–Kier alpha value is -2.64. The molecule has 7 atom stereocenters. The van der Waals surface area contributed by atoms with Crippen molar-refractivity contribution in [1.29, 1.82) is 0 Å². The number of aryl methyl sites for hydroxylation is 1. The van der Waals surface area contributed by atoms with E-state index in [0.29, 0.717) is 35.7 Å². The fourth-order valence-corrected chi connectivity index (χ4v) is 4.78. The first-order valence-electron chi connectivity index (χ1n) is 12.1. The lowest BCUT2D eigenvalue weighted by Gasteiger charge is -2.39. The molecule has 204 valence electrons. The number of benzene rings is 2. The molecule has 11 heteroatoms. The zero-order valence-electron chi connectivity index (χ0n) is 20.7. The maximum Gasteiger partial charge on any atom is 0.229 e. The van der Waals surface area contributed by atoms with Crippen LogP contribution in [-0.2, 0) is 11.2 Å². The van der Waals surface area contributed by atoms with Crippen LogP contribution in [0, 0.1) is 0 Å². The lowest BCUT2D eigenvalue weighted by atomic mass is 9.90. The normalized spacial score (nSPS) is 28.9. The number of methoxy groups -OCH3 is 2. The Kier molecular flexibility index (Phi) is 8.75. The van der Waals surface area contributed by atoms with Gasteiger partial charge in [0.05, 0.1) is 33.4 Å². The molecule has 6 N–H and O–H groups in total. The number of hydrogen-bond donors (Lipinski definition) is 6. The molecule has 2 aromatic rings. The van der Waals surface area contributed by atoms with E-state index in [4.69, 9.17) is 23.7 Å². The summed E-state index contributed by atoms with van der Waals surface area (Å²) in [5.41, 5.74) is 2.37. The maximum absolute atomic E-state index is 10.4. The van der Waals surface area contributed by atoms with E-state index in [1.807, 2.05) is 12.1 Å². The van der Waals surface area contributed by atoms with E-state index in [9.17, 15) is 30.6 Å². The summed E-state index contributed by atoms with van der Waals surface area (Å²) in [7, 11) is 2.97. The van der Waals surface area contributed by atoms with Gasteiger partial charge in [-0.25, -0.2) is 0 Å². The van der Waals surface area contributed by atoms with Gasteiger partial charge < -0.3 is 54.3 Å². The summed E-state index contributed by atoms with van der Waals surface area (Å²) in [6.45, 7) is -0.735. The summed E-state index contributed by atoms with van der Waals surface area (Å²) in [6, 6.07) is 8.83. The third-order valence-electron chi connectivity index (χ3n) is 6.80. The molecule has 1 saturated heterocycles. The van der Waals surface area contributed by atoms with Crippen molar-refractivity contribution < 1.29 is 54.3 Å². The lowest BCUT2D eigenvalue weighted by molar-refractivity contribution is -0.277.